The Balaban J connectivity index is 1.66. The van der Waals surface area contributed by atoms with Gasteiger partial charge in [-0.25, -0.2) is 9.67 Å². The second kappa shape index (κ2) is 6.85. The summed E-state index contributed by atoms with van der Waals surface area (Å²) in [4.78, 5) is 27.8. The minimum Gasteiger partial charge on any atom is -0.480 e. The van der Waals surface area contributed by atoms with Crippen LogP contribution in [0.1, 0.15) is 26.8 Å². The summed E-state index contributed by atoms with van der Waals surface area (Å²) in [6.45, 7) is 3.47. The van der Waals surface area contributed by atoms with Crippen molar-refractivity contribution in [3.8, 4) is 10.8 Å². The Morgan fingerprint density at radius 1 is 1.36 bits per heavy atom. The highest BCUT2D eigenvalue weighted by atomic mass is 32.1. The van der Waals surface area contributed by atoms with E-state index in [1.165, 1.54) is 22.2 Å². The molecule has 0 aliphatic heterocycles. The number of carbonyl (C=O) groups is 2. The van der Waals surface area contributed by atoms with E-state index in [1.807, 2.05) is 19.1 Å². The largest absolute Gasteiger partial charge is 0.480 e. The summed E-state index contributed by atoms with van der Waals surface area (Å²) < 4.78 is 6.72. The standard InChI is InChI=1S/C15H15N5O4S/c1-8-3-4-11(24-8)15-17-9(2)13(25-15)14(23)16-5-10-6-20(19-18-10)7-12(21)22/h3-4,6H,5,7H2,1-2H3,(H,16,23)(H,21,22). The van der Waals surface area contributed by atoms with Gasteiger partial charge in [-0.1, -0.05) is 5.21 Å². The molecule has 9 nitrogen and oxygen atoms in total. The maximum atomic E-state index is 12.4. The van der Waals surface area contributed by atoms with Gasteiger partial charge in [0, 0.05) is 0 Å². The van der Waals surface area contributed by atoms with E-state index in [-0.39, 0.29) is 19.0 Å². The second-order valence-electron chi connectivity index (χ2n) is 5.33. The maximum Gasteiger partial charge on any atom is 0.325 e. The second-order valence-corrected chi connectivity index (χ2v) is 6.33. The van der Waals surface area contributed by atoms with E-state index >= 15 is 0 Å². The van der Waals surface area contributed by atoms with Crippen molar-refractivity contribution in [3.05, 3.63) is 40.4 Å². The number of rotatable bonds is 6. The average molecular weight is 361 g/mol. The van der Waals surface area contributed by atoms with Crippen LogP contribution in [0.3, 0.4) is 0 Å². The number of carboxylic acid groups (broad SMARTS) is 1. The third kappa shape index (κ3) is 3.91. The lowest BCUT2D eigenvalue weighted by atomic mass is 10.3. The Bertz CT molecular complexity index is 926. The first kappa shape index (κ1) is 16.8. The van der Waals surface area contributed by atoms with E-state index in [9.17, 15) is 9.59 Å². The van der Waals surface area contributed by atoms with E-state index in [0.29, 0.717) is 27.0 Å². The number of aliphatic carboxylic acids is 1. The Morgan fingerprint density at radius 3 is 2.84 bits per heavy atom. The van der Waals surface area contributed by atoms with Crippen LogP contribution in [0.15, 0.2) is 22.7 Å². The third-order valence-electron chi connectivity index (χ3n) is 3.27. The SMILES string of the molecule is Cc1ccc(-c2nc(C)c(C(=O)NCc3cn(CC(=O)O)nn3)s2)o1. The molecule has 3 heterocycles. The molecule has 0 unspecified atom stereocenters. The van der Waals surface area contributed by atoms with Gasteiger partial charge >= 0.3 is 5.97 Å². The molecular weight excluding hydrogens is 346 g/mol. The summed E-state index contributed by atoms with van der Waals surface area (Å²) in [5, 5.41) is 19.6. The zero-order chi connectivity index (χ0) is 18.0. The van der Waals surface area contributed by atoms with Gasteiger partial charge in [0.15, 0.2) is 10.8 Å². The number of nitrogens with one attached hydrogen (secondary N) is 1. The van der Waals surface area contributed by atoms with E-state index in [2.05, 4.69) is 20.6 Å². The minimum absolute atomic E-state index is 0.144. The van der Waals surface area contributed by atoms with Gasteiger partial charge in [-0.2, -0.15) is 0 Å². The fourth-order valence-electron chi connectivity index (χ4n) is 2.15. The first-order chi connectivity index (χ1) is 11.9. The van der Waals surface area contributed by atoms with Crippen molar-refractivity contribution in [3.63, 3.8) is 0 Å². The zero-order valence-corrected chi connectivity index (χ0v) is 14.3. The van der Waals surface area contributed by atoms with Crippen LogP contribution in [-0.2, 0) is 17.9 Å². The fraction of sp³-hybridized carbons (Fsp3) is 0.267. The molecule has 0 saturated heterocycles. The molecule has 2 N–H and O–H groups in total. The number of amides is 1. The summed E-state index contributed by atoms with van der Waals surface area (Å²) in [6.07, 6.45) is 1.48. The van der Waals surface area contributed by atoms with E-state index < -0.39 is 5.97 Å². The van der Waals surface area contributed by atoms with Crippen molar-refractivity contribution < 1.29 is 19.1 Å². The fourth-order valence-corrected chi connectivity index (χ4v) is 3.09. The molecule has 0 radical (unpaired) electrons. The molecule has 10 heteroatoms. The lowest BCUT2D eigenvalue weighted by molar-refractivity contribution is -0.137. The molecule has 0 atom stereocenters. The summed E-state index contributed by atoms with van der Waals surface area (Å²) in [7, 11) is 0. The first-order valence-electron chi connectivity index (χ1n) is 7.35. The lowest BCUT2D eigenvalue weighted by Crippen LogP contribution is -2.22. The van der Waals surface area contributed by atoms with Crippen molar-refractivity contribution in [1.82, 2.24) is 25.3 Å². The van der Waals surface area contributed by atoms with Gasteiger partial charge in [0.05, 0.1) is 18.4 Å². The van der Waals surface area contributed by atoms with Crippen LogP contribution < -0.4 is 5.32 Å². The van der Waals surface area contributed by atoms with Crippen LogP contribution in [0.5, 0.6) is 0 Å². The predicted molar refractivity (Wildman–Crippen MR) is 88.1 cm³/mol. The molecule has 130 valence electrons. The van der Waals surface area contributed by atoms with Gasteiger partial charge in [0.1, 0.15) is 22.9 Å². The van der Waals surface area contributed by atoms with Crippen LogP contribution in [0.25, 0.3) is 10.8 Å². The van der Waals surface area contributed by atoms with Gasteiger partial charge in [-0.05, 0) is 26.0 Å². The van der Waals surface area contributed by atoms with Crippen molar-refractivity contribution in [2.75, 3.05) is 0 Å². The number of nitrogens with zero attached hydrogens (tertiary/aromatic N) is 4. The van der Waals surface area contributed by atoms with Gasteiger partial charge in [0.2, 0.25) is 0 Å². The molecule has 0 spiro atoms. The smallest absolute Gasteiger partial charge is 0.325 e. The van der Waals surface area contributed by atoms with Crippen molar-refractivity contribution in [2.45, 2.75) is 26.9 Å². The van der Waals surface area contributed by atoms with Crippen LogP contribution in [0.2, 0.25) is 0 Å². The van der Waals surface area contributed by atoms with Crippen molar-refractivity contribution in [1.29, 1.82) is 0 Å². The minimum atomic E-state index is -1.01. The molecule has 3 aromatic heterocycles. The highest BCUT2D eigenvalue weighted by molar-refractivity contribution is 7.17. The normalized spacial score (nSPS) is 10.8. The average Bonchev–Trinajstić information content (AvgIpc) is 3.25. The van der Waals surface area contributed by atoms with Gasteiger partial charge in [-0.3, -0.25) is 9.59 Å². The third-order valence-corrected chi connectivity index (χ3v) is 4.44. The number of aromatic nitrogens is 4. The molecule has 0 aliphatic rings. The van der Waals surface area contributed by atoms with Gasteiger partial charge in [0.25, 0.3) is 5.91 Å². The quantitative estimate of drug-likeness (QED) is 0.684. The van der Waals surface area contributed by atoms with Crippen LogP contribution in [0, 0.1) is 13.8 Å². The summed E-state index contributed by atoms with van der Waals surface area (Å²) in [5.41, 5.74) is 1.08. The lowest BCUT2D eigenvalue weighted by Gasteiger charge is -2.00. The molecule has 3 aromatic rings. The zero-order valence-electron chi connectivity index (χ0n) is 13.5. The Labute approximate surface area is 146 Å². The highest BCUT2D eigenvalue weighted by Gasteiger charge is 2.18. The van der Waals surface area contributed by atoms with Crippen LogP contribution >= 0.6 is 11.3 Å². The Kier molecular flexibility index (Phi) is 4.61. The molecule has 3 rings (SSSR count). The molecular formula is C15H15N5O4S. The van der Waals surface area contributed by atoms with E-state index in [4.69, 9.17) is 9.52 Å². The van der Waals surface area contributed by atoms with Crippen molar-refractivity contribution >= 4 is 23.2 Å². The molecule has 1 amide bonds. The molecule has 0 aliphatic carbocycles. The highest BCUT2D eigenvalue weighted by Crippen LogP contribution is 2.29. The Morgan fingerprint density at radius 2 is 2.16 bits per heavy atom. The van der Waals surface area contributed by atoms with Gasteiger partial charge < -0.3 is 14.8 Å². The van der Waals surface area contributed by atoms with Gasteiger partial charge in [-0.15, -0.1) is 16.4 Å². The molecule has 0 bridgehead atoms. The number of carboxylic acids is 1. The molecule has 0 fully saturated rings. The summed E-state index contributed by atoms with van der Waals surface area (Å²) in [5.74, 6) is 0.110. The first-order valence-corrected chi connectivity index (χ1v) is 8.17. The number of hydrogen-bond acceptors (Lipinski definition) is 7. The summed E-state index contributed by atoms with van der Waals surface area (Å²) in [6, 6.07) is 3.66. The predicted octanol–water partition coefficient (Wildman–Crippen LogP) is 1.63. The van der Waals surface area contributed by atoms with Crippen LogP contribution in [0.4, 0.5) is 0 Å². The number of hydrogen-bond donors (Lipinski definition) is 2. The van der Waals surface area contributed by atoms with Crippen molar-refractivity contribution in [2.24, 2.45) is 0 Å². The monoisotopic (exact) mass is 361 g/mol. The molecule has 0 saturated carbocycles. The number of furan rings is 1. The Hall–Kier alpha value is -3.01. The molecule has 25 heavy (non-hydrogen) atoms. The number of aryl methyl sites for hydroxylation is 2. The number of carbonyl (C=O) groups excluding carboxylic acids is 1. The van der Waals surface area contributed by atoms with E-state index in [0.717, 1.165) is 5.76 Å². The number of thiazole rings is 1. The molecule has 0 aromatic carbocycles. The van der Waals surface area contributed by atoms with Crippen LogP contribution in [-0.4, -0.2) is 37.0 Å². The maximum absolute atomic E-state index is 12.4. The summed E-state index contributed by atoms with van der Waals surface area (Å²) >= 11 is 1.25. The topological polar surface area (TPSA) is 123 Å². The van der Waals surface area contributed by atoms with E-state index in [1.54, 1.807) is 6.92 Å².